The van der Waals surface area contributed by atoms with E-state index in [1.54, 1.807) is 0 Å². The molecule has 0 aromatic heterocycles. The Bertz CT molecular complexity index is 320. The number of hydrogen-bond acceptors (Lipinski definition) is 4. The first-order valence-electron chi connectivity index (χ1n) is 7.60. The van der Waals surface area contributed by atoms with Crippen molar-refractivity contribution in [2.75, 3.05) is 52.4 Å². The number of halogens is 2. The molecule has 6 nitrogen and oxygen atoms in total. The molecule has 22 heavy (non-hydrogen) atoms. The Balaban J connectivity index is 0. The summed E-state index contributed by atoms with van der Waals surface area (Å²) in [5, 5.41) is 0. The molecule has 1 heterocycles. The van der Waals surface area contributed by atoms with Crippen molar-refractivity contribution in [3.63, 3.8) is 0 Å². The molecule has 0 aliphatic carbocycles. The summed E-state index contributed by atoms with van der Waals surface area (Å²) in [5.74, 6) is 0.328. The van der Waals surface area contributed by atoms with Gasteiger partial charge < -0.3 is 15.5 Å². The minimum absolute atomic E-state index is 0. The van der Waals surface area contributed by atoms with Crippen LogP contribution in [0, 0.1) is 0 Å². The van der Waals surface area contributed by atoms with Crippen LogP contribution in [0.2, 0.25) is 0 Å². The first-order valence-corrected chi connectivity index (χ1v) is 7.60. The van der Waals surface area contributed by atoms with E-state index in [-0.39, 0.29) is 36.6 Å². The lowest BCUT2D eigenvalue weighted by molar-refractivity contribution is -0.140. The monoisotopic (exact) mass is 356 g/mol. The highest BCUT2D eigenvalue weighted by Gasteiger charge is 2.24. The number of rotatable bonds is 7. The lowest BCUT2D eigenvalue weighted by Gasteiger charge is -2.35. The van der Waals surface area contributed by atoms with Crippen molar-refractivity contribution in [2.45, 2.75) is 26.7 Å². The minimum atomic E-state index is 0. The number of likely N-dealkylation sites (N-methyl/N-ethyl adjacent to an activating group) is 1. The summed E-state index contributed by atoms with van der Waals surface area (Å²) < 4.78 is 0. The average molecular weight is 357 g/mol. The smallest absolute Gasteiger partial charge is 0.236 e. The molecular formula is C14H30Cl2N4O2. The van der Waals surface area contributed by atoms with Crippen LogP contribution in [0.15, 0.2) is 0 Å². The van der Waals surface area contributed by atoms with Gasteiger partial charge in [0.1, 0.15) is 0 Å². The summed E-state index contributed by atoms with van der Waals surface area (Å²) in [5.41, 5.74) is 5.41. The molecule has 1 aliphatic heterocycles. The second-order valence-corrected chi connectivity index (χ2v) is 5.12. The van der Waals surface area contributed by atoms with Gasteiger partial charge in [-0.1, -0.05) is 13.8 Å². The third kappa shape index (κ3) is 7.63. The van der Waals surface area contributed by atoms with Crippen LogP contribution in [0.1, 0.15) is 26.7 Å². The molecule has 1 rings (SSSR count). The molecule has 0 spiro atoms. The second kappa shape index (κ2) is 12.9. The maximum absolute atomic E-state index is 12.1. The molecule has 1 saturated heterocycles. The SMILES string of the molecule is CCN(CC)CC(=O)N1CCN(C(=O)CCCN)CC1.Cl.Cl. The van der Waals surface area contributed by atoms with Crippen molar-refractivity contribution < 1.29 is 9.59 Å². The van der Waals surface area contributed by atoms with Crippen molar-refractivity contribution in [3.05, 3.63) is 0 Å². The number of hydrogen-bond donors (Lipinski definition) is 1. The number of carbonyl (C=O) groups excluding carboxylic acids is 2. The summed E-state index contributed by atoms with van der Waals surface area (Å²) in [6.45, 7) is 9.52. The molecule has 0 unspecified atom stereocenters. The van der Waals surface area contributed by atoms with Crippen LogP contribution in [0.4, 0.5) is 0 Å². The largest absolute Gasteiger partial charge is 0.339 e. The normalized spacial score (nSPS) is 14.4. The van der Waals surface area contributed by atoms with Crippen LogP contribution in [-0.2, 0) is 9.59 Å². The molecule has 0 aromatic carbocycles. The van der Waals surface area contributed by atoms with Gasteiger partial charge in [0, 0.05) is 32.6 Å². The molecule has 8 heteroatoms. The van der Waals surface area contributed by atoms with Crippen LogP contribution >= 0.6 is 24.8 Å². The Labute approximate surface area is 146 Å². The topological polar surface area (TPSA) is 69.9 Å². The minimum Gasteiger partial charge on any atom is -0.339 e. The number of amides is 2. The van der Waals surface area contributed by atoms with Gasteiger partial charge in [-0.2, -0.15) is 0 Å². The van der Waals surface area contributed by atoms with E-state index in [4.69, 9.17) is 5.73 Å². The van der Waals surface area contributed by atoms with E-state index in [1.165, 1.54) is 0 Å². The molecule has 0 radical (unpaired) electrons. The fraction of sp³-hybridized carbons (Fsp3) is 0.857. The van der Waals surface area contributed by atoms with E-state index >= 15 is 0 Å². The van der Waals surface area contributed by atoms with Crippen molar-refractivity contribution in [1.82, 2.24) is 14.7 Å². The van der Waals surface area contributed by atoms with Crippen LogP contribution in [0.25, 0.3) is 0 Å². The maximum Gasteiger partial charge on any atom is 0.236 e. The Kier molecular flexibility index (Phi) is 13.9. The van der Waals surface area contributed by atoms with Crippen molar-refractivity contribution in [3.8, 4) is 0 Å². The average Bonchev–Trinajstić information content (AvgIpc) is 2.50. The lowest BCUT2D eigenvalue weighted by atomic mass is 10.2. The van der Waals surface area contributed by atoms with E-state index in [1.807, 2.05) is 9.80 Å². The Morgan fingerprint density at radius 2 is 1.41 bits per heavy atom. The fourth-order valence-corrected chi connectivity index (χ4v) is 2.36. The molecular weight excluding hydrogens is 327 g/mol. The van der Waals surface area contributed by atoms with Gasteiger partial charge in [0.2, 0.25) is 11.8 Å². The van der Waals surface area contributed by atoms with Crippen LogP contribution < -0.4 is 5.73 Å². The maximum atomic E-state index is 12.1. The second-order valence-electron chi connectivity index (χ2n) is 5.12. The fourth-order valence-electron chi connectivity index (χ4n) is 2.36. The Morgan fingerprint density at radius 3 is 1.82 bits per heavy atom. The Hall–Kier alpha value is -0.560. The summed E-state index contributed by atoms with van der Waals surface area (Å²) >= 11 is 0. The van der Waals surface area contributed by atoms with Crippen LogP contribution in [0.5, 0.6) is 0 Å². The van der Waals surface area contributed by atoms with E-state index in [9.17, 15) is 9.59 Å². The van der Waals surface area contributed by atoms with E-state index in [2.05, 4.69) is 18.7 Å². The lowest BCUT2D eigenvalue weighted by Crippen LogP contribution is -2.52. The zero-order chi connectivity index (χ0) is 15.0. The van der Waals surface area contributed by atoms with Gasteiger partial charge in [-0.15, -0.1) is 24.8 Å². The highest BCUT2D eigenvalue weighted by Crippen LogP contribution is 2.06. The van der Waals surface area contributed by atoms with Gasteiger partial charge in [-0.25, -0.2) is 0 Å². The number of nitrogens with two attached hydrogens (primary N) is 1. The van der Waals surface area contributed by atoms with Crippen molar-refractivity contribution in [1.29, 1.82) is 0 Å². The number of carbonyl (C=O) groups is 2. The first kappa shape index (κ1) is 23.7. The van der Waals surface area contributed by atoms with Gasteiger partial charge >= 0.3 is 0 Å². The molecule has 0 bridgehead atoms. The van der Waals surface area contributed by atoms with Gasteiger partial charge in [-0.05, 0) is 26.1 Å². The van der Waals surface area contributed by atoms with Gasteiger partial charge in [0.05, 0.1) is 6.54 Å². The molecule has 132 valence electrons. The first-order chi connectivity index (χ1) is 9.62. The zero-order valence-electron chi connectivity index (χ0n) is 13.6. The molecule has 1 fully saturated rings. The molecule has 0 saturated carbocycles. The molecule has 1 aliphatic rings. The third-order valence-corrected chi connectivity index (χ3v) is 3.83. The van der Waals surface area contributed by atoms with Gasteiger partial charge in [0.15, 0.2) is 0 Å². The summed E-state index contributed by atoms with van der Waals surface area (Å²) in [6, 6.07) is 0. The standard InChI is InChI=1S/C14H28N4O2.2ClH/c1-3-16(4-2)12-14(20)18-10-8-17(9-11-18)13(19)6-5-7-15;;/h3-12,15H2,1-2H3;2*1H. The molecule has 2 amide bonds. The third-order valence-electron chi connectivity index (χ3n) is 3.83. The summed E-state index contributed by atoms with van der Waals surface area (Å²) in [7, 11) is 0. The van der Waals surface area contributed by atoms with E-state index in [0.29, 0.717) is 45.7 Å². The van der Waals surface area contributed by atoms with Crippen molar-refractivity contribution in [2.24, 2.45) is 5.73 Å². The summed E-state index contributed by atoms with van der Waals surface area (Å²) in [4.78, 5) is 29.8. The highest BCUT2D eigenvalue weighted by atomic mass is 35.5. The van der Waals surface area contributed by atoms with Crippen LogP contribution in [0.3, 0.4) is 0 Å². The number of nitrogens with zero attached hydrogens (tertiary/aromatic N) is 3. The summed E-state index contributed by atoms with van der Waals surface area (Å²) in [6.07, 6.45) is 1.25. The number of piperazine rings is 1. The van der Waals surface area contributed by atoms with Gasteiger partial charge in [-0.3, -0.25) is 14.5 Å². The quantitative estimate of drug-likeness (QED) is 0.724. The van der Waals surface area contributed by atoms with E-state index in [0.717, 1.165) is 19.5 Å². The van der Waals surface area contributed by atoms with E-state index < -0.39 is 0 Å². The molecule has 0 aromatic rings. The zero-order valence-corrected chi connectivity index (χ0v) is 15.3. The predicted molar refractivity (Wildman–Crippen MR) is 93.7 cm³/mol. The van der Waals surface area contributed by atoms with Gasteiger partial charge in [0.25, 0.3) is 0 Å². The van der Waals surface area contributed by atoms with Crippen LogP contribution in [-0.4, -0.2) is 78.9 Å². The molecule has 2 N–H and O–H groups in total. The highest BCUT2D eigenvalue weighted by molar-refractivity contribution is 5.85. The predicted octanol–water partition coefficient (Wildman–Crippen LogP) is 0.582. The van der Waals surface area contributed by atoms with Crippen molar-refractivity contribution >= 4 is 36.6 Å². The molecule has 0 atom stereocenters. The Morgan fingerprint density at radius 1 is 0.955 bits per heavy atom.